The zero-order valence-electron chi connectivity index (χ0n) is 11.5. The van der Waals surface area contributed by atoms with Crippen LogP contribution in [-0.4, -0.2) is 18.2 Å². The summed E-state index contributed by atoms with van der Waals surface area (Å²) in [4.78, 5) is 0. The highest BCUT2D eigenvalue weighted by Gasteiger charge is 2.42. The molecule has 1 unspecified atom stereocenters. The lowest BCUT2D eigenvalue weighted by molar-refractivity contribution is -0.130. The molecular formula is C16H23NO. The van der Waals surface area contributed by atoms with Crippen molar-refractivity contribution in [3.8, 4) is 0 Å². The van der Waals surface area contributed by atoms with Gasteiger partial charge in [-0.15, -0.1) is 0 Å². The third kappa shape index (κ3) is 2.26. The van der Waals surface area contributed by atoms with Crippen LogP contribution in [-0.2, 0) is 4.74 Å². The van der Waals surface area contributed by atoms with Crippen LogP contribution >= 0.6 is 0 Å². The highest BCUT2D eigenvalue weighted by molar-refractivity contribution is 5.48. The monoisotopic (exact) mass is 245 g/mol. The Bertz CT molecular complexity index is 437. The number of nitrogens with one attached hydrogen (secondary N) is 1. The molecule has 1 saturated heterocycles. The van der Waals surface area contributed by atoms with Crippen molar-refractivity contribution in [1.29, 1.82) is 0 Å². The zero-order chi connectivity index (χ0) is 12.6. The lowest BCUT2D eigenvalue weighted by Gasteiger charge is -2.47. The first-order valence-corrected chi connectivity index (χ1v) is 7.15. The summed E-state index contributed by atoms with van der Waals surface area (Å²) in [6.07, 6.45) is 6.18. The van der Waals surface area contributed by atoms with E-state index >= 15 is 0 Å². The molecule has 18 heavy (non-hydrogen) atoms. The molecule has 3 rings (SSSR count). The molecule has 1 aromatic rings. The largest absolute Gasteiger partial charge is 0.382 e. The number of ether oxygens (including phenoxy) is 1. The quantitative estimate of drug-likeness (QED) is 0.855. The van der Waals surface area contributed by atoms with Gasteiger partial charge in [0.2, 0.25) is 0 Å². The minimum absolute atomic E-state index is 0.232. The standard InChI is InChI=1S/C16H23NO/c1-12-4-5-14(10-13(12)2)17-15-6-9-18-16(11-15)7-3-8-16/h4-5,10,15,17H,3,6-9,11H2,1-2H3. The topological polar surface area (TPSA) is 21.3 Å². The van der Waals surface area contributed by atoms with Gasteiger partial charge in [-0.25, -0.2) is 0 Å². The first-order valence-electron chi connectivity index (χ1n) is 7.15. The molecule has 0 bridgehead atoms. The molecular weight excluding hydrogens is 222 g/mol. The van der Waals surface area contributed by atoms with Gasteiger partial charge in [0.15, 0.2) is 0 Å². The summed E-state index contributed by atoms with van der Waals surface area (Å²) < 4.78 is 5.97. The fraction of sp³-hybridized carbons (Fsp3) is 0.625. The van der Waals surface area contributed by atoms with Crippen molar-refractivity contribution in [2.75, 3.05) is 11.9 Å². The number of aryl methyl sites for hydroxylation is 2. The number of hydrogen-bond acceptors (Lipinski definition) is 2. The molecule has 0 amide bonds. The van der Waals surface area contributed by atoms with Crippen molar-refractivity contribution in [3.63, 3.8) is 0 Å². The maximum Gasteiger partial charge on any atom is 0.0702 e. The van der Waals surface area contributed by atoms with E-state index in [4.69, 9.17) is 4.74 Å². The van der Waals surface area contributed by atoms with E-state index in [2.05, 4.69) is 37.4 Å². The molecule has 1 aromatic carbocycles. The lowest BCUT2D eigenvalue weighted by Crippen LogP contribution is -2.49. The van der Waals surface area contributed by atoms with Crippen LogP contribution < -0.4 is 5.32 Å². The predicted molar refractivity (Wildman–Crippen MR) is 75.1 cm³/mol. The SMILES string of the molecule is Cc1ccc(NC2CCOC3(CCC3)C2)cc1C. The van der Waals surface area contributed by atoms with Crippen LogP contribution in [0.15, 0.2) is 18.2 Å². The fourth-order valence-corrected chi connectivity index (χ4v) is 3.14. The first-order chi connectivity index (χ1) is 8.67. The van der Waals surface area contributed by atoms with Crippen LogP contribution in [0.3, 0.4) is 0 Å². The molecule has 2 fully saturated rings. The summed E-state index contributed by atoms with van der Waals surface area (Å²) in [5.74, 6) is 0. The van der Waals surface area contributed by atoms with E-state index in [1.807, 2.05) is 0 Å². The van der Waals surface area contributed by atoms with Crippen molar-refractivity contribution in [3.05, 3.63) is 29.3 Å². The Kier molecular flexibility index (Phi) is 3.06. The van der Waals surface area contributed by atoms with Gasteiger partial charge in [0.1, 0.15) is 0 Å². The van der Waals surface area contributed by atoms with Crippen LogP contribution in [0.2, 0.25) is 0 Å². The fourth-order valence-electron chi connectivity index (χ4n) is 3.14. The molecule has 1 atom stereocenters. The summed E-state index contributed by atoms with van der Waals surface area (Å²) >= 11 is 0. The second-order valence-electron chi connectivity index (χ2n) is 6.02. The molecule has 98 valence electrons. The van der Waals surface area contributed by atoms with Crippen LogP contribution in [0.25, 0.3) is 0 Å². The van der Waals surface area contributed by atoms with Crippen LogP contribution in [0.5, 0.6) is 0 Å². The molecule has 1 aliphatic heterocycles. The van der Waals surface area contributed by atoms with Crippen molar-refractivity contribution in [1.82, 2.24) is 0 Å². The maximum absolute atomic E-state index is 5.97. The zero-order valence-corrected chi connectivity index (χ0v) is 11.5. The Morgan fingerprint density at radius 3 is 2.72 bits per heavy atom. The van der Waals surface area contributed by atoms with Gasteiger partial charge in [0, 0.05) is 18.3 Å². The van der Waals surface area contributed by atoms with Gasteiger partial charge in [-0.2, -0.15) is 0 Å². The molecule has 2 nitrogen and oxygen atoms in total. The van der Waals surface area contributed by atoms with Gasteiger partial charge in [-0.1, -0.05) is 6.07 Å². The lowest BCUT2D eigenvalue weighted by atomic mass is 9.74. The average Bonchev–Trinajstić information content (AvgIpc) is 2.32. The van der Waals surface area contributed by atoms with Crippen LogP contribution in [0, 0.1) is 13.8 Å². The van der Waals surface area contributed by atoms with E-state index in [-0.39, 0.29) is 5.60 Å². The molecule has 2 heteroatoms. The Labute approximate surface area is 110 Å². The van der Waals surface area contributed by atoms with E-state index in [1.54, 1.807) is 0 Å². The normalized spacial score (nSPS) is 25.8. The summed E-state index contributed by atoms with van der Waals surface area (Å²) in [5, 5.41) is 3.69. The Balaban J connectivity index is 1.66. The second-order valence-corrected chi connectivity index (χ2v) is 6.02. The molecule has 1 aliphatic carbocycles. The van der Waals surface area contributed by atoms with Gasteiger partial charge in [-0.05, 0) is 69.2 Å². The first kappa shape index (κ1) is 12.0. The minimum atomic E-state index is 0.232. The van der Waals surface area contributed by atoms with Gasteiger partial charge < -0.3 is 10.1 Å². The molecule has 1 N–H and O–H groups in total. The highest BCUT2D eigenvalue weighted by atomic mass is 16.5. The van der Waals surface area contributed by atoms with Crippen LogP contribution in [0.4, 0.5) is 5.69 Å². The van der Waals surface area contributed by atoms with Crippen molar-refractivity contribution in [2.24, 2.45) is 0 Å². The summed E-state index contributed by atoms with van der Waals surface area (Å²) in [7, 11) is 0. The number of rotatable bonds is 2. The van der Waals surface area contributed by atoms with E-state index < -0.39 is 0 Å². The van der Waals surface area contributed by atoms with Gasteiger partial charge in [0.25, 0.3) is 0 Å². The van der Waals surface area contributed by atoms with E-state index in [0.29, 0.717) is 6.04 Å². The molecule has 0 aromatic heterocycles. The van der Waals surface area contributed by atoms with Gasteiger partial charge in [0.05, 0.1) is 5.60 Å². The van der Waals surface area contributed by atoms with Crippen molar-refractivity contribution >= 4 is 5.69 Å². The maximum atomic E-state index is 5.97. The second kappa shape index (κ2) is 4.58. The Morgan fingerprint density at radius 1 is 1.22 bits per heavy atom. The third-order valence-electron chi connectivity index (χ3n) is 4.64. The predicted octanol–water partition coefficient (Wildman–Crippen LogP) is 3.82. The smallest absolute Gasteiger partial charge is 0.0702 e. The number of benzene rings is 1. The van der Waals surface area contributed by atoms with Crippen molar-refractivity contribution in [2.45, 2.75) is 57.6 Å². The van der Waals surface area contributed by atoms with Gasteiger partial charge >= 0.3 is 0 Å². The van der Waals surface area contributed by atoms with E-state index in [9.17, 15) is 0 Å². The summed E-state index contributed by atoms with van der Waals surface area (Å²) in [6.45, 7) is 5.26. The molecule has 1 heterocycles. The van der Waals surface area contributed by atoms with E-state index in [0.717, 1.165) is 13.0 Å². The highest BCUT2D eigenvalue weighted by Crippen LogP contribution is 2.42. The molecule has 2 aliphatic rings. The van der Waals surface area contributed by atoms with E-state index in [1.165, 1.54) is 42.5 Å². The Hall–Kier alpha value is -1.02. The number of hydrogen-bond donors (Lipinski definition) is 1. The average molecular weight is 245 g/mol. The molecule has 0 radical (unpaired) electrons. The summed E-state index contributed by atoms with van der Waals surface area (Å²) in [5.41, 5.74) is 4.23. The molecule has 1 saturated carbocycles. The van der Waals surface area contributed by atoms with Crippen molar-refractivity contribution < 1.29 is 4.74 Å². The summed E-state index contributed by atoms with van der Waals surface area (Å²) in [6, 6.07) is 7.25. The third-order valence-corrected chi connectivity index (χ3v) is 4.64. The van der Waals surface area contributed by atoms with Gasteiger partial charge in [-0.3, -0.25) is 0 Å². The molecule has 1 spiro atoms. The Morgan fingerprint density at radius 2 is 2.06 bits per heavy atom. The van der Waals surface area contributed by atoms with Crippen LogP contribution in [0.1, 0.15) is 43.2 Å². The minimum Gasteiger partial charge on any atom is -0.382 e. The number of anilines is 1.